The lowest BCUT2D eigenvalue weighted by molar-refractivity contribution is 0.0574. The van der Waals surface area contributed by atoms with E-state index in [1.807, 2.05) is 0 Å². The van der Waals surface area contributed by atoms with Gasteiger partial charge in [0.2, 0.25) is 0 Å². The predicted octanol–water partition coefficient (Wildman–Crippen LogP) is 3.38. The molecule has 0 saturated carbocycles. The second-order valence-corrected chi connectivity index (χ2v) is 9.79. The van der Waals surface area contributed by atoms with Gasteiger partial charge in [-0.1, -0.05) is 0 Å². The minimum atomic E-state index is -0.813. The number of ether oxygens (including phenoxy) is 3. The Morgan fingerprint density at radius 3 is 2.57 bits per heavy atom. The fourth-order valence-electron chi connectivity index (χ4n) is 4.37. The molecule has 0 N–H and O–H groups in total. The minimum absolute atomic E-state index is 0.144. The van der Waals surface area contributed by atoms with E-state index in [1.54, 1.807) is 47.0 Å². The number of carbonyl (C=O) groups excluding carboxylic acids is 2. The van der Waals surface area contributed by atoms with Crippen LogP contribution in [0.15, 0.2) is 24.5 Å². The van der Waals surface area contributed by atoms with Crippen molar-refractivity contribution in [2.24, 2.45) is 0 Å². The molecule has 2 amide bonds. The molecule has 2 aliphatic heterocycles. The molecule has 0 unspecified atom stereocenters. The number of nitrogens with zero attached hydrogens (tertiary/aromatic N) is 5. The zero-order chi connectivity index (χ0) is 25.1. The average molecular weight is 484 g/mol. The Morgan fingerprint density at radius 1 is 1.17 bits per heavy atom. The van der Waals surface area contributed by atoms with Crippen molar-refractivity contribution < 1.29 is 28.2 Å². The van der Waals surface area contributed by atoms with Crippen molar-refractivity contribution in [2.75, 3.05) is 32.2 Å². The van der Waals surface area contributed by atoms with Crippen LogP contribution in [0.2, 0.25) is 0 Å². The van der Waals surface area contributed by atoms with Gasteiger partial charge in [-0.25, -0.2) is 9.18 Å². The number of carbonyl (C=O) groups is 2. The summed E-state index contributed by atoms with van der Waals surface area (Å²) < 4.78 is 34.4. The molecule has 0 aliphatic carbocycles. The third-order valence-corrected chi connectivity index (χ3v) is 5.88. The Hall–Kier alpha value is -3.89. The Balaban J connectivity index is 1.76. The molecule has 0 fully saturated rings. The second-order valence-electron chi connectivity index (χ2n) is 9.79. The number of hydrogen-bond donors (Lipinski definition) is 0. The number of anilines is 1. The number of hydrogen-bond acceptors (Lipinski definition) is 7. The van der Waals surface area contributed by atoms with E-state index < -0.39 is 17.5 Å². The van der Waals surface area contributed by atoms with Crippen LogP contribution in [-0.4, -0.2) is 64.4 Å². The first-order valence-corrected chi connectivity index (χ1v) is 11.2. The van der Waals surface area contributed by atoms with Gasteiger partial charge < -0.3 is 19.1 Å². The molecular formula is C24H26FN5O5. The Bertz CT molecular complexity index is 1350. The van der Waals surface area contributed by atoms with Crippen molar-refractivity contribution >= 4 is 23.5 Å². The molecule has 4 heterocycles. The summed E-state index contributed by atoms with van der Waals surface area (Å²) in [5.41, 5.74) is 0.659. The lowest BCUT2D eigenvalue weighted by Gasteiger charge is -2.29. The highest BCUT2D eigenvalue weighted by Gasteiger charge is 2.37. The summed E-state index contributed by atoms with van der Waals surface area (Å²) >= 11 is 0. The van der Waals surface area contributed by atoms with Crippen LogP contribution >= 0.6 is 0 Å². The predicted molar refractivity (Wildman–Crippen MR) is 124 cm³/mol. The maximum Gasteiger partial charge on any atom is 0.416 e. The van der Waals surface area contributed by atoms with Gasteiger partial charge in [-0.05, 0) is 32.9 Å². The lowest BCUT2D eigenvalue weighted by Crippen LogP contribution is -2.38. The number of pyridine rings is 1. The largest absolute Gasteiger partial charge is 0.493 e. The number of aromatic nitrogens is 3. The zero-order valence-electron chi connectivity index (χ0n) is 20.2. The van der Waals surface area contributed by atoms with E-state index in [1.165, 1.54) is 26.6 Å². The van der Waals surface area contributed by atoms with Gasteiger partial charge in [-0.3, -0.25) is 14.1 Å². The number of halogens is 1. The van der Waals surface area contributed by atoms with Gasteiger partial charge >= 0.3 is 6.09 Å². The van der Waals surface area contributed by atoms with Crippen LogP contribution in [0.3, 0.4) is 0 Å². The summed E-state index contributed by atoms with van der Waals surface area (Å²) in [5, 5.41) is 8.09. The topological polar surface area (TPSA) is 98.5 Å². The van der Waals surface area contributed by atoms with Crippen molar-refractivity contribution in [3.05, 3.63) is 47.0 Å². The number of rotatable bonds is 1. The second kappa shape index (κ2) is 8.10. The first kappa shape index (κ1) is 22.9. The van der Waals surface area contributed by atoms with Crippen LogP contribution in [-0.2, 0) is 11.3 Å². The number of amides is 2. The molecule has 0 radical (unpaired) electrons. The van der Waals surface area contributed by atoms with Gasteiger partial charge in [0, 0.05) is 31.3 Å². The summed E-state index contributed by atoms with van der Waals surface area (Å²) in [6.45, 7) is 5.56. The van der Waals surface area contributed by atoms with E-state index in [0.29, 0.717) is 23.5 Å². The molecule has 3 aromatic rings. The van der Waals surface area contributed by atoms with Crippen LogP contribution < -0.4 is 14.4 Å². The minimum Gasteiger partial charge on any atom is -0.493 e. The molecule has 1 aromatic carbocycles. The highest BCUT2D eigenvalue weighted by molar-refractivity contribution is 6.01. The third-order valence-electron chi connectivity index (χ3n) is 5.88. The van der Waals surface area contributed by atoms with Crippen LogP contribution in [0.25, 0.3) is 5.65 Å². The zero-order valence-corrected chi connectivity index (χ0v) is 20.2. The quantitative estimate of drug-likeness (QED) is 0.523. The van der Waals surface area contributed by atoms with Crippen LogP contribution in [0, 0.1) is 5.82 Å². The average Bonchev–Trinajstić information content (AvgIpc) is 3.42. The van der Waals surface area contributed by atoms with Gasteiger partial charge in [0.05, 0.1) is 31.2 Å². The van der Waals surface area contributed by atoms with Gasteiger partial charge in [0.25, 0.3) is 5.91 Å². The molecule has 0 bridgehead atoms. The molecule has 184 valence electrons. The smallest absolute Gasteiger partial charge is 0.416 e. The molecule has 2 aliphatic rings. The molecule has 11 heteroatoms. The van der Waals surface area contributed by atoms with E-state index in [2.05, 4.69) is 10.2 Å². The number of benzene rings is 1. The van der Waals surface area contributed by atoms with E-state index in [4.69, 9.17) is 14.2 Å². The van der Waals surface area contributed by atoms with E-state index >= 15 is 4.39 Å². The molecule has 5 rings (SSSR count). The van der Waals surface area contributed by atoms with Gasteiger partial charge in [-0.2, -0.15) is 0 Å². The maximum atomic E-state index is 15.2. The Morgan fingerprint density at radius 2 is 1.89 bits per heavy atom. The summed E-state index contributed by atoms with van der Waals surface area (Å²) in [5.74, 6) is 0.0202. The molecule has 1 atom stereocenters. The van der Waals surface area contributed by atoms with E-state index in [9.17, 15) is 9.59 Å². The monoisotopic (exact) mass is 483 g/mol. The highest BCUT2D eigenvalue weighted by atomic mass is 19.1. The van der Waals surface area contributed by atoms with Crippen LogP contribution in [0.5, 0.6) is 11.5 Å². The fraction of sp³-hybridized carbons (Fsp3) is 0.417. The van der Waals surface area contributed by atoms with Crippen molar-refractivity contribution in [1.29, 1.82) is 0 Å². The molecule has 0 saturated heterocycles. The Kier molecular flexibility index (Phi) is 5.30. The molecule has 0 spiro atoms. The fourth-order valence-corrected chi connectivity index (χ4v) is 4.37. The summed E-state index contributed by atoms with van der Waals surface area (Å²) in [6.07, 6.45) is 0.678. The summed E-state index contributed by atoms with van der Waals surface area (Å²) in [7, 11) is 3.25. The maximum absolute atomic E-state index is 15.2. The molecule has 10 nitrogen and oxygen atoms in total. The van der Waals surface area contributed by atoms with E-state index in [-0.39, 0.29) is 47.8 Å². The summed E-state index contributed by atoms with van der Waals surface area (Å²) in [6, 6.07) is 4.46. The normalized spacial score (nSPS) is 16.9. The molecular weight excluding hydrogens is 457 g/mol. The lowest BCUT2D eigenvalue weighted by atomic mass is 9.95. The standard InChI is InChI=1S/C24H26FN5O5/c1-24(2,3)35-23(32)29-9-15-16(25)6-7-17-19(15)13(10-33-17)11-34-18-8-14(22(31)28(4)5)20-27-26-12-30(20)21(18)29/h6-8,12-13H,9-11H2,1-5H3/t13-/m1/s1. The van der Waals surface area contributed by atoms with Gasteiger partial charge in [0.15, 0.2) is 17.2 Å². The van der Waals surface area contributed by atoms with Crippen LogP contribution in [0.1, 0.15) is 48.2 Å². The van der Waals surface area contributed by atoms with Gasteiger partial charge in [0.1, 0.15) is 23.5 Å². The Labute approximate surface area is 201 Å². The van der Waals surface area contributed by atoms with E-state index in [0.717, 1.165) is 0 Å². The first-order valence-electron chi connectivity index (χ1n) is 11.2. The van der Waals surface area contributed by atoms with Crippen LogP contribution in [0.4, 0.5) is 15.0 Å². The van der Waals surface area contributed by atoms with Crippen molar-refractivity contribution in [3.63, 3.8) is 0 Å². The number of fused-ring (bicyclic) bond motifs is 3. The third kappa shape index (κ3) is 3.90. The SMILES string of the molecule is CN(C)C(=O)c1cc2c(n3cnnc13)N(C(=O)OC(C)(C)C)Cc1c(F)ccc3c1[C@H](CO3)CO2. The van der Waals surface area contributed by atoms with Crippen molar-refractivity contribution in [1.82, 2.24) is 19.5 Å². The van der Waals surface area contributed by atoms with Crippen molar-refractivity contribution in [2.45, 2.75) is 38.8 Å². The first-order chi connectivity index (χ1) is 16.5. The molecule has 35 heavy (non-hydrogen) atoms. The summed E-state index contributed by atoms with van der Waals surface area (Å²) in [4.78, 5) is 29.2. The van der Waals surface area contributed by atoms with Gasteiger partial charge in [-0.15, -0.1) is 10.2 Å². The van der Waals surface area contributed by atoms with Crippen molar-refractivity contribution in [3.8, 4) is 11.5 Å². The molecule has 2 aromatic heterocycles. The highest BCUT2D eigenvalue weighted by Crippen LogP contribution is 2.43.